The van der Waals surface area contributed by atoms with Gasteiger partial charge in [0.2, 0.25) is 0 Å². The highest BCUT2D eigenvalue weighted by Crippen LogP contribution is 2.21. The van der Waals surface area contributed by atoms with Crippen LogP contribution in [0.5, 0.6) is 0 Å². The fraction of sp³-hybridized carbons (Fsp3) is 0.222. The molecule has 1 heterocycles. The van der Waals surface area contributed by atoms with Gasteiger partial charge in [0.25, 0.3) is 0 Å². The minimum absolute atomic E-state index is 0.723. The molecule has 1 aromatic heterocycles. The Kier molecular flexibility index (Phi) is 1.39. The maximum Gasteiger partial charge on any atom is 0.191 e. The van der Waals surface area contributed by atoms with Crippen molar-refractivity contribution in [2.24, 2.45) is 0 Å². The van der Waals surface area contributed by atoms with E-state index in [1.54, 1.807) is 6.20 Å². The largest absolute Gasteiger partial charge is 0.441 e. The molecule has 0 saturated heterocycles. The molecule has 0 bridgehead atoms. The molecule has 0 saturated carbocycles. The number of aryl methyl sites for hydroxylation is 1. The monoisotopic (exact) mass is 147 g/mol. The van der Waals surface area contributed by atoms with Crippen LogP contribution in [-0.2, 0) is 0 Å². The van der Waals surface area contributed by atoms with Crippen molar-refractivity contribution in [1.29, 1.82) is 0 Å². The number of nitrogens with zero attached hydrogens (tertiary/aromatic N) is 1. The Morgan fingerprint density at radius 1 is 1.55 bits per heavy atom. The van der Waals surface area contributed by atoms with Crippen LogP contribution in [0.3, 0.4) is 0 Å². The highest BCUT2D eigenvalue weighted by atomic mass is 16.4. The van der Waals surface area contributed by atoms with E-state index < -0.39 is 0 Å². The summed E-state index contributed by atoms with van der Waals surface area (Å²) in [6, 6.07) is 0. The smallest absolute Gasteiger partial charge is 0.191 e. The molecule has 0 fully saturated rings. The van der Waals surface area contributed by atoms with Gasteiger partial charge in [0.1, 0.15) is 0 Å². The fourth-order valence-electron chi connectivity index (χ4n) is 1.14. The first-order valence-corrected chi connectivity index (χ1v) is 3.66. The lowest BCUT2D eigenvalue weighted by Crippen LogP contribution is -1.70. The molecule has 0 radical (unpaired) electrons. The van der Waals surface area contributed by atoms with Gasteiger partial charge in [-0.1, -0.05) is 18.2 Å². The van der Waals surface area contributed by atoms with Crippen LogP contribution in [0.25, 0.3) is 5.57 Å². The van der Waals surface area contributed by atoms with Gasteiger partial charge in [0.05, 0.1) is 6.20 Å². The Balaban J connectivity index is 2.36. The quantitative estimate of drug-likeness (QED) is 0.609. The summed E-state index contributed by atoms with van der Waals surface area (Å²) in [5.41, 5.74) is 1.14. The second-order valence-corrected chi connectivity index (χ2v) is 2.54. The lowest BCUT2D eigenvalue weighted by Gasteiger charge is -1.89. The van der Waals surface area contributed by atoms with Gasteiger partial charge in [0.15, 0.2) is 11.7 Å². The number of aromatic nitrogens is 1. The number of hydrogen-bond acceptors (Lipinski definition) is 2. The predicted molar refractivity (Wildman–Crippen MR) is 43.0 cm³/mol. The molecular formula is C9H9NO. The van der Waals surface area contributed by atoms with E-state index in [0.717, 1.165) is 23.6 Å². The number of hydrogen-bond donors (Lipinski definition) is 0. The summed E-state index contributed by atoms with van der Waals surface area (Å²) < 4.78 is 5.34. The maximum absolute atomic E-state index is 5.34. The highest BCUT2D eigenvalue weighted by Gasteiger charge is 2.05. The van der Waals surface area contributed by atoms with E-state index in [2.05, 4.69) is 23.2 Å². The fourth-order valence-corrected chi connectivity index (χ4v) is 1.14. The lowest BCUT2D eigenvalue weighted by atomic mass is 10.2. The standard InChI is InChI=1S/C9H9NO/c1-7-10-6-9(11-7)8-4-2-3-5-8/h2,4-6H,3H2,1H3. The Morgan fingerprint density at radius 3 is 3.00 bits per heavy atom. The summed E-state index contributed by atoms with van der Waals surface area (Å²) in [6.07, 6.45) is 9.05. The molecule has 2 heteroatoms. The molecule has 1 aromatic rings. The van der Waals surface area contributed by atoms with E-state index in [9.17, 15) is 0 Å². The molecular weight excluding hydrogens is 138 g/mol. The summed E-state index contributed by atoms with van der Waals surface area (Å²) >= 11 is 0. The summed E-state index contributed by atoms with van der Waals surface area (Å²) in [7, 11) is 0. The van der Waals surface area contributed by atoms with Crippen molar-refractivity contribution in [2.75, 3.05) is 0 Å². The van der Waals surface area contributed by atoms with Crippen LogP contribution < -0.4 is 0 Å². The molecule has 0 aromatic carbocycles. The van der Waals surface area contributed by atoms with Gasteiger partial charge in [0, 0.05) is 12.5 Å². The molecule has 1 aliphatic carbocycles. The molecule has 0 unspecified atom stereocenters. The van der Waals surface area contributed by atoms with Gasteiger partial charge in [-0.15, -0.1) is 0 Å². The Morgan fingerprint density at radius 2 is 2.45 bits per heavy atom. The third kappa shape index (κ3) is 1.11. The number of rotatable bonds is 1. The van der Waals surface area contributed by atoms with Crippen LogP contribution in [0.15, 0.2) is 28.8 Å². The third-order valence-electron chi connectivity index (χ3n) is 1.68. The second kappa shape index (κ2) is 2.38. The minimum atomic E-state index is 0.723. The molecule has 0 aliphatic heterocycles. The zero-order valence-corrected chi connectivity index (χ0v) is 6.37. The average Bonchev–Trinajstić information content (AvgIpc) is 2.55. The van der Waals surface area contributed by atoms with E-state index in [4.69, 9.17) is 4.42 Å². The highest BCUT2D eigenvalue weighted by molar-refractivity contribution is 5.72. The van der Waals surface area contributed by atoms with Crippen molar-refractivity contribution in [3.05, 3.63) is 36.1 Å². The number of oxazole rings is 1. The Labute approximate surface area is 65.2 Å². The van der Waals surface area contributed by atoms with Crippen molar-refractivity contribution in [1.82, 2.24) is 4.98 Å². The van der Waals surface area contributed by atoms with Crippen LogP contribution in [0.2, 0.25) is 0 Å². The van der Waals surface area contributed by atoms with E-state index in [1.807, 2.05) is 6.92 Å². The molecule has 0 N–H and O–H groups in total. The third-order valence-corrected chi connectivity index (χ3v) is 1.68. The van der Waals surface area contributed by atoms with Crippen molar-refractivity contribution in [3.63, 3.8) is 0 Å². The van der Waals surface area contributed by atoms with E-state index in [1.165, 1.54) is 0 Å². The molecule has 2 rings (SSSR count). The summed E-state index contributed by atoms with van der Waals surface area (Å²) in [5, 5.41) is 0. The van der Waals surface area contributed by atoms with Crippen LogP contribution in [-0.4, -0.2) is 4.98 Å². The Hall–Kier alpha value is -1.31. The van der Waals surface area contributed by atoms with Gasteiger partial charge in [-0.3, -0.25) is 0 Å². The Bertz CT molecular complexity index is 320. The minimum Gasteiger partial charge on any atom is -0.441 e. The van der Waals surface area contributed by atoms with Crippen molar-refractivity contribution < 1.29 is 4.42 Å². The first-order chi connectivity index (χ1) is 5.36. The van der Waals surface area contributed by atoms with Crippen molar-refractivity contribution >= 4 is 5.57 Å². The van der Waals surface area contributed by atoms with Gasteiger partial charge >= 0.3 is 0 Å². The maximum atomic E-state index is 5.34. The van der Waals surface area contributed by atoms with Crippen LogP contribution >= 0.6 is 0 Å². The predicted octanol–water partition coefficient (Wildman–Crippen LogP) is 2.33. The average molecular weight is 147 g/mol. The van der Waals surface area contributed by atoms with Crippen LogP contribution in [0, 0.1) is 6.92 Å². The molecule has 0 atom stereocenters. The second-order valence-electron chi connectivity index (χ2n) is 2.54. The van der Waals surface area contributed by atoms with Gasteiger partial charge in [-0.05, 0) is 6.42 Å². The van der Waals surface area contributed by atoms with Crippen LogP contribution in [0.4, 0.5) is 0 Å². The topological polar surface area (TPSA) is 26.0 Å². The molecule has 0 amide bonds. The molecule has 0 spiro atoms. The zero-order chi connectivity index (χ0) is 7.68. The first kappa shape index (κ1) is 6.40. The van der Waals surface area contributed by atoms with Gasteiger partial charge in [-0.25, -0.2) is 4.98 Å². The van der Waals surface area contributed by atoms with E-state index >= 15 is 0 Å². The molecule has 2 nitrogen and oxygen atoms in total. The first-order valence-electron chi connectivity index (χ1n) is 3.66. The van der Waals surface area contributed by atoms with E-state index in [0.29, 0.717) is 0 Å². The summed E-state index contributed by atoms with van der Waals surface area (Å²) in [6.45, 7) is 1.85. The van der Waals surface area contributed by atoms with E-state index in [-0.39, 0.29) is 0 Å². The SMILES string of the molecule is Cc1ncc(C2=CCC=C2)o1. The summed E-state index contributed by atoms with van der Waals surface area (Å²) in [4.78, 5) is 4.02. The van der Waals surface area contributed by atoms with Gasteiger partial charge in [-0.2, -0.15) is 0 Å². The van der Waals surface area contributed by atoms with Gasteiger partial charge < -0.3 is 4.42 Å². The van der Waals surface area contributed by atoms with Crippen molar-refractivity contribution in [2.45, 2.75) is 13.3 Å². The van der Waals surface area contributed by atoms with Crippen molar-refractivity contribution in [3.8, 4) is 0 Å². The molecule has 1 aliphatic rings. The number of allylic oxidation sites excluding steroid dienone is 4. The summed E-state index contributed by atoms with van der Waals surface area (Å²) in [5.74, 6) is 1.59. The van der Waals surface area contributed by atoms with Crippen LogP contribution in [0.1, 0.15) is 18.1 Å². The molecule has 56 valence electrons. The molecule has 11 heavy (non-hydrogen) atoms. The normalized spacial score (nSPS) is 15.5. The zero-order valence-electron chi connectivity index (χ0n) is 6.37. The lowest BCUT2D eigenvalue weighted by molar-refractivity contribution is 0.511.